The lowest BCUT2D eigenvalue weighted by Gasteiger charge is -2.19. The van der Waals surface area contributed by atoms with E-state index < -0.39 is 29.5 Å². The third-order valence-electron chi connectivity index (χ3n) is 2.87. The highest BCUT2D eigenvalue weighted by Gasteiger charge is 2.37. The van der Waals surface area contributed by atoms with Crippen LogP contribution < -0.4 is 5.32 Å². The highest BCUT2D eigenvalue weighted by atomic mass is 32.2. The first-order chi connectivity index (χ1) is 9.55. The van der Waals surface area contributed by atoms with Gasteiger partial charge >= 0.3 is 12.4 Å². The average Bonchev–Trinajstić information content (AvgIpc) is 2.36. The maximum atomic E-state index is 12.7. The molecule has 0 fully saturated rings. The Morgan fingerprint density at radius 2 is 1.48 bits per heavy atom. The van der Waals surface area contributed by atoms with Crippen molar-refractivity contribution in [2.75, 3.05) is 18.6 Å². The minimum absolute atomic E-state index is 0.0294. The number of benzene rings is 1. The zero-order valence-corrected chi connectivity index (χ0v) is 12.2. The van der Waals surface area contributed by atoms with Crippen molar-refractivity contribution in [2.24, 2.45) is 0 Å². The Morgan fingerprint density at radius 1 is 1.00 bits per heavy atom. The molecule has 1 nitrogen and oxygen atoms in total. The smallest absolute Gasteiger partial charge is 0.309 e. The highest BCUT2D eigenvalue weighted by Crippen LogP contribution is 2.37. The predicted molar refractivity (Wildman–Crippen MR) is 71.2 cm³/mol. The summed E-state index contributed by atoms with van der Waals surface area (Å²) in [5.41, 5.74) is -2.60. The number of alkyl halides is 6. The van der Waals surface area contributed by atoms with Crippen molar-refractivity contribution in [2.45, 2.75) is 25.3 Å². The van der Waals surface area contributed by atoms with E-state index in [9.17, 15) is 26.3 Å². The van der Waals surface area contributed by atoms with Crippen molar-refractivity contribution in [3.05, 3.63) is 34.9 Å². The van der Waals surface area contributed by atoms with Crippen LogP contribution in [0.3, 0.4) is 0 Å². The molecule has 1 rings (SSSR count). The SMILES string of the molecule is CSCCNC(C)c1cc(C(F)(F)F)cc(C(F)(F)F)c1. The van der Waals surface area contributed by atoms with Crippen LogP contribution in [0.25, 0.3) is 0 Å². The van der Waals surface area contributed by atoms with E-state index >= 15 is 0 Å². The fraction of sp³-hybridized carbons (Fsp3) is 0.538. The first kappa shape index (κ1) is 18.2. The number of thioether (sulfide) groups is 1. The van der Waals surface area contributed by atoms with Gasteiger partial charge in [-0.05, 0) is 36.9 Å². The number of hydrogen-bond donors (Lipinski definition) is 1. The van der Waals surface area contributed by atoms with Gasteiger partial charge in [-0.1, -0.05) is 0 Å². The number of hydrogen-bond acceptors (Lipinski definition) is 2. The maximum absolute atomic E-state index is 12.7. The summed E-state index contributed by atoms with van der Waals surface area (Å²) in [6.07, 6.45) is -7.76. The van der Waals surface area contributed by atoms with Crippen LogP contribution in [0.2, 0.25) is 0 Å². The second-order valence-electron chi connectivity index (χ2n) is 4.51. The molecule has 1 aromatic carbocycles. The van der Waals surface area contributed by atoms with E-state index in [1.165, 1.54) is 18.7 Å². The van der Waals surface area contributed by atoms with E-state index in [1.54, 1.807) is 0 Å². The van der Waals surface area contributed by atoms with E-state index in [-0.39, 0.29) is 11.6 Å². The number of halogens is 6. The minimum atomic E-state index is -4.81. The Hall–Kier alpha value is -0.890. The van der Waals surface area contributed by atoms with Gasteiger partial charge < -0.3 is 5.32 Å². The monoisotopic (exact) mass is 331 g/mol. The molecular weight excluding hydrogens is 316 g/mol. The number of nitrogens with one attached hydrogen (secondary N) is 1. The molecule has 0 aromatic heterocycles. The molecule has 21 heavy (non-hydrogen) atoms. The van der Waals surface area contributed by atoms with Crippen molar-refractivity contribution in [3.63, 3.8) is 0 Å². The lowest BCUT2D eigenvalue weighted by molar-refractivity contribution is -0.143. The second kappa shape index (κ2) is 6.91. The molecule has 1 atom stereocenters. The topological polar surface area (TPSA) is 12.0 Å². The number of rotatable bonds is 5. The Morgan fingerprint density at radius 3 is 1.86 bits per heavy atom. The molecule has 0 amide bonds. The van der Waals surface area contributed by atoms with Crippen LogP contribution >= 0.6 is 11.8 Å². The summed E-state index contributed by atoms with van der Waals surface area (Å²) >= 11 is 1.53. The summed E-state index contributed by atoms with van der Waals surface area (Å²) < 4.78 is 76.3. The Balaban J connectivity index is 3.13. The van der Waals surface area contributed by atoms with Crippen molar-refractivity contribution in [1.82, 2.24) is 5.32 Å². The van der Waals surface area contributed by atoms with Crippen LogP contribution in [0.5, 0.6) is 0 Å². The molecule has 0 heterocycles. The van der Waals surface area contributed by atoms with Gasteiger partial charge in [0.25, 0.3) is 0 Å². The van der Waals surface area contributed by atoms with Crippen molar-refractivity contribution in [1.29, 1.82) is 0 Å². The summed E-state index contributed by atoms with van der Waals surface area (Å²) in [6, 6.07) is 1.05. The van der Waals surface area contributed by atoms with Gasteiger partial charge in [0.15, 0.2) is 0 Å². The molecule has 1 N–H and O–H groups in total. The summed E-state index contributed by atoms with van der Waals surface area (Å²) in [7, 11) is 0. The fourth-order valence-corrected chi connectivity index (χ4v) is 2.05. The molecule has 0 saturated heterocycles. The van der Waals surface area contributed by atoms with E-state index in [0.29, 0.717) is 6.54 Å². The van der Waals surface area contributed by atoms with Crippen LogP contribution in [-0.4, -0.2) is 18.6 Å². The van der Waals surface area contributed by atoms with Gasteiger partial charge in [-0.15, -0.1) is 0 Å². The van der Waals surface area contributed by atoms with E-state index in [4.69, 9.17) is 0 Å². The molecule has 1 unspecified atom stereocenters. The Labute approximate surface area is 123 Å². The molecule has 1 aromatic rings. The zero-order valence-electron chi connectivity index (χ0n) is 11.4. The lowest BCUT2D eigenvalue weighted by atomic mass is 10.0. The Kier molecular flexibility index (Phi) is 5.98. The highest BCUT2D eigenvalue weighted by molar-refractivity contribution is 7.98. The van der Waals surface area contributed by atoms with Gasteiger partial charge in [-0.25, -0.2) is 0 Å². The van der Waals surface area contributed by atoms with Crippen molar-refractivity contribution in [3.8, 4) is 0 Å². The second-order valence-corrected chi connectivity index (χ2v) is 5.49. The van der Waals surface area contributed by atoms with E-state index in [0.717, 1.165) is 17.9 Å². The summed E-state index contributed by atoms with van der Waals surface area (Å²) in [4.78, 5) is 0. The third kappa shape index (κ3) is 5.43. The quantitative estimate of drug-likeness (QED) is 0.618. The third-order valence-corrected chi connectivity index (χ3v) is 3.48. The minimum Gasteiger partial charge on any atom is -0.309 e. The van der Waals surface area contributed by atoms with Gasteiger partial charge in [0.2, 0.25) is 0 Å². The lowest BCUT2D eigenvalue weighted by Crippen LogP contribution is -2.22. The predicted octanol–water partition coefficient (Wildman–Crippen LogP) is 4.74. The van der Waals surface area contributed by atoms with Crippen LogP contribution in [0.4, 0.5) is 26.3 Å². The Bertz CT molecular complexity index is 436. The normalized spacial score (nSPS) is 14.3. The summed E-state index contributed by atoms with van der Waals surface area (Å²) in [5.74, 6) is 0.718. The summed E-state index contributed by atoms with van der Waals surface area (Å²) in [6.45, 7) is 2.04. The van der Waals surface area contributed by atoms with Crippen molar-refractivity contribution >= 4 is 11.8 Å². The molecular formula is C13H15F6NS. The molecule has 0 aliphatic rings. The molecule has 0 bridgehead atoms. The molecule has 8 heteroatoms. The first-order valence-electron chi connectivity index (χ1n) is 6.07. The molecule has 0 spiro atoms. The standard InChI is InChI=1S/C13H15F6NS/c1-8(20-3-4-21-2)9-5-10(12(14,15)16)7-11(6-9)13(17,18)19/h5-8,20H,3-4H2,1-2H3. The van der Waals surface area contributed by atoms with Crippen LogP contribution in [0.15, 0.2) is 18.2 Å². The molecule has 120 valence electrons. The molecule has 0 radical (unpaired) electrons. The van der Waals surface area contributed by atoms with Gasteiger partial charge in [0.05, 0.1) is 11.1 Å². The van der Waals surface area contributed by atoms with Gasteiger partial charge in [-0.2, -0.15) is 38.1 Å². The van der Waals surface area contributed by atoms with Crippen LogP contribution in [-0.2, 0) is 12.4 Å². The zero-order chi connectivity index (χ0) is 16.3. The molecule has 0 saturated carbocycles. The molecule has 0 aliphatic carbocycles. The van der Waals surface area contributed by atoms with Gasteiger partial charge in [0, 0.05) is 18.3 Å². The van der Waals surface area contributed by atoms with Crippen LogP contribution in [0.1, 0.15) is 29.7 Å². The fourth-order valence-electron chi connectivity index (χ4n) is 1.72. The van der Waals surface area contributed by atoms with Gasteiger partial charge in [-0.3, -0.25) is 0 Å². The summed E-state index contributed by atoms with van der Waals surface area (Å²) in [5, 5.41) is 2.90. The molecule has 0 aliphatic heterocycles. The first-order valence-corrected chi connectivity index (χ1v) is 7.46. The van der Waals surface area contributed by atoms with E-state index in [2.05, 4.69) is 5.32 Å². The maximum Gasteiger partial charge on any atom is 0.416 e. The van der Waals surface area contributed by atoms with E-state index in [1.807, 2.05) is 6.26 Å². The van der Waals surface area contributed by atoms with Gasteiger partial charge in [0.1, 0.15) is 0 Å². The van der Waals surface area contributed by atoms with Crippen molar-refractivity contribution < 1.29 is 26.3 Å². The van der Waals surface area contributed by atoms with Crippen LogP contribution in [0, 0.1) is 0 Å². The average molecular weight is 331 g/mol. The largest absolute Gasteiger partial charge is 0.416 e.